The van der Waals surface area contributed by atoms with Crippen molar-refractivity contribution in [2.75, 3.05) is 33.5 Å². The molecule has 0 unspecified atom stereocenters. The van der Waals surface area contributed by atoms with Gasteiger partial charge >= 0.3 is 0 Å². The Kier molecular flexibility index (Phi) is 7.80. The van der Waals surface area contributed by atoms with Gasteiger partial charge in [0.1, 0.15) is 12.4 Å². The lowest BCUT2D eigenvalue weighted by Gasteiger charge is -2.29. The van der Waals surface area contributed by atoms with Crippen molar-refractivity contribution in [2.45, 2.75) is 32.2 Å². The number of nitrogen functional groups attached to an aromatic ring is 1. The quantitative estimate of drug-likeness (QED) is 0.352. The van der Waals surface area contributed by atoms with E-state index in [4.69, 9.17) is 15.3 Å². The van der Waals surface area contributed by atoms with Crippen LogP contribution in [0.5, 0.6) is 5.88 Å². The molecule has 2 aromatic heterocycles. The van der Waals surface area contributed by atoms with Gasteiger partial charge in [-0.15, -0.1) is 0 Å². The van der Waals surface area contributed by atoms with Crippen molar-refractivity contribution in [3.8, 4) is 17.1 Å². The van der Waals surface area contributed by atoms with Gasteiger partial charge in [0, 0.05) is 38.6 Å². The van der Waals surface area contributed by atoms with Gasteiger partial charge in [-0.25, -0.2) is 19.3 Å². The first-order valence-corrected chi connectivity index (χ1v) is 11.9. The summed E-state index contributed by atoms with van der Waals surface area (Å²) >= 11 is 0. The summed E-state index contributed by atoms with van der Waals surface area (Å²) in [5.74, 6) is 0.664. The normalized spacial score (nSPS) is 15.6. The van der Waals surface area contributed by atoms with Crippen LogP contribution in [0, 0.1) is 12.7 Å². The van der Waals surface area contributed by atoms with Crippen LogP contribution in [0.1, 0.15) is 41.4 Å². The van der Waals surface area contributed by atoms with Crippen LogP contribution in [0.25, 0.3) is 11.3 Å². The topological polar surface area (TPSA) is 128 Å². The van der Waals surface area contributed by atoms with Crippen molar-refractivity contribution < 1.29 is 18.8 Å². The van der Waals surface area contributed by atoms with Crippen LogP contribution in [0.3, 0.4) is 0 Å². The van der Waals surface area contributed by atoms with Crippen molar-refractivity contribution in [3.63, 3.8) is 0 Å². The summed E-state index contributed by atoms with van der Waals surface area (Å²) in [6.07, 6.45) is 1.34. The second-order valence-electron chi connectivity index (χ2n) is 8.85. The van der Waals surface area contributed by atoms with E-state index in [9.17, 15) is 9.18 Å². The van der Waals surface area contributed by atoms with Crippen molar-refractivity contribution >= 4 is 17.7 Å². The third kappa shape index (κ3) is 5.93. The molecule has 3 heterocycles. The Labute approximate surface area is 214 Å². The number of pyridine rings is 1. The van der Waals surface area contributed by atoms with E-state index < -0.39 is 0 Å². The van der Waals surface area contributed by atoms with Gasteiger partial charge in [0.2, 0.25) is 17.7 Å². The number of anilines is 1. The lowest BCUT2D eigenvalue weighted by Crippen LogP contribution is -2.38. The largest absolute Gasteiger partial charge is 0.481 e. The minimum Gasteiger partial charge on any atom is -0.481 e. The number of benzene rings is 1. The number of aryl methyl sites for hydroxylation is 1. The first kappa shape index (κ1) is 25.8. The molecule has 1 aliphatic rings. The molecule has 10 nitrogen and oxygen atoms in total. The highest BCUT2D eigenvalue weighted by Gasteiger charge is 2.30. The third-order valence-corrected chi connectivity index (χ3v) is 6.01. The van der Waals surface area contributed by atoms with Crippen LogP contribution in [-0.2, 0) is 16.1 Å². The van der Waals surface area contributed by atoms with Crippen LogP contribution in [-0.4, -0.2) is 59.4 Å². The average molecular weight is 508 g/mol. The number of halogens is 1. The SMILES string of the molecule is COc1cccc(-c2cc(F)ccc2[C@H]2Cc3nc(N)nc(C)c3/C(=N/OCCCC(=O)N(C)C)N2)n1. The number of methoxy groups -OCH3 is 1. The number of rotatable bonds is 8. The van der Waals surface area contributed by atoms with E-state index in [0.29, 0.717) is 59.2 Å². The zero-order valence-corrected chi connectivity index (χ0v) is 21.3. The molecule has 0 aliphatic carbocycles. The fourth-order valence-corrected chi connectivity index (χ4v) is 4.21. The number of carbonyl (C=O) groups is 1. The predicted molar refractivity (Wildman–Crippen MR) is 137 cm³/mol. The summed E-state index contributed by atoms with van der Waals surface area (Å²) < 4.78 is 19.6. The van der Waals surface area contributed by atoms with E-state index in [2.05, 4.69) is 25.4 Å². The molecule has 3 aromatic rings. The van der Waals surface area contributed by atoms with Gasteiger partial charge in [-0.1, -0.05) is 17.3 Å². The average Bonchev–Trinajstić information content (AvgIpc) is 2.87. The highest BCUT2D eigenvalue weighted by atomic mass is 19.1. The Morgan fingerprint density at radius 1 is 1.24 bits per heavy atom. The van der Waals surface area contributed by atoms with Crippen LogP contribution in [0.2, 0.25) is 0 Å². The molecule has 0 fully saturated rings. The van der Waals surface area contributed by atoms with Crippen molar-refractivity contribution in [1.29, 1.82) is 0 Å². The van der Waals surface area contributed by atoms with Gasteiger partial charge in [-0.05, 0) is 37.1 Å². The van der Waals surface area contributed by atoms with Crippen LogP contribution >= 0.6 is 0 Å². The van der Waals surface area contributed by atoms with E-state index in [-0.39, 0.29) is 30.3 Å². The van der Waals surface area contributed by atoms with Gasteiger partial charge in [0.25, 0.3) is 0 Å². The number of hydrogen-bond acceptors (Lipinski definition) is 8. The molecule has 0 spiro atoms. The van der Waals surface area contributed by atoms with E-state index in [1.807, 2.05) is 6.92 Å². The number of ether oxygens (including phenoxy) is 1. The molecule has 1 aliphatic heterocycles. The Morgan fingerprint density at radius 3 is 2.81 bits per heavy atom. The van der Waals surface area contributed by atoms with Gasteiger partial charge < -0.3 is 25.5 Å². The summed E-state index contributed by atoms with van der Waals surface area (Å²) in [5, 5.41) is 7.74. The zero-order valence-electron chi connectivity index (χ0n) is 21.3. The summed E-state index contributed by atoms with van der Waals surface area (Å²) in [4.78, 5) is 32.2. The molecule has 1 amide bonds. The standard InChI is InChI=1S/C26H30FN7O3/c1-15-24-21(32-26(28)29-15)14-20(31-25(24)33-37-12-6-9-23(35)34(2)3)17-11-10-16(27)13-18(17)19-7-5-8-22(30-19)36-4/h5,7-8,10-11,13,20H,6,9,12,14H2,1-4H3,(H,31,33)(H2,28,29,32)/t20-/m1/s1. The van der Waals surface area contributed by atoms with E-state index in [1.54, 1.807) is 38.4 Å². The number of oxime groups is 1. The number of amides is 1. The summed E-state index contributed by atoms with van der Waals surface area (Å²) in [7, 11) is 4.96. The molecule has 37 heavy (non-hydrogen) atoms. The van der Waals surface area contributed by atoms with Crippen molar-refractivity contribution in [2.24, 2.45) is 5.16 Å². The predicted octanol–water partition coefficient (Wildman–Crippen LogP) is 3.01. The number of hydrogen-bond donors (Lipinski definition) is 2. The number of aromatic nitrogens is 3. The lowest BCUT2D eigenvalue weighted by atomic mass is 9.90. The number of fused-ring (bicyclic) bond motifs is 1. The molecule has 0 bridgehead atoms. The molecule has 0 saturated carbocycles. The number of nitrogens with zero attached hydrogens (tertiary/aromatic N) is 5. The monoisotopic (exact) mass is 507 g/mol. The molecule has 1 atom stereocenters. The van der Waals surface area contributed by atoms with E-state index >= 15 is 0 Å². The number of nitrogens with two attached hydrogens (primary N) is 1. The first-order valence-electron chi connectivity index (χ1n) is 11.9. The van der Waals surface area contributed by atoms with Gasteiger partial charge in [0.05, 0.1) is 35.8 Å². The second-order valence-corrected chi connectivity index (χ2v) is 8.85. The molecule has 194 valence electrons. The molecule has 0 radical (unpaired) electrons. The fraction of sp³-hybridized carbons (Fsp3) is 0.346. The molecule has 1 aromatic carbocycles. The highest BCUT2D eigenvalue weighted by molar-refractivity contribution is 6.01. The number of carbonyl (C=O) groups excluding carboxylic acids is 1. The van der Waals surface area contributed by atoms with Crippen molar-refractivity contribution in [1.82, 2.24) is 25.2 Å². The Morgan fingerprint density at radius 2 is 2.05 bits per heavy atom. The van der Waals surface area contributed by atoms with E-state index in [1.165, 1.54) is 24.1 Å². The molecular formula is C26H30FN7O3. The second kappa shape index (κ2) is 11.2. The summed E-state index contributed by atoms with van der Waals surface area (Å²) in [6.45, 7) is 2.09. The smallest absolute Gasteiger partial charge is 0.222 e. The van der Waals surface area contributed by atoms with Crippen LogP contribution < -0.4 is 15.8 Å². The van der Waals surface area contributed by atoms with Gasteiger partial charge in [-0.3, -0.25) is 4.79 Å². The van der Waals surface area contributed by atoms with Crippen molar-refractivity contribution in [3.05, 3.63) is 64.7 Å². The minimum absolute atomic E-state index is 0.0205. The highest BCUT2D eigenvalue weighted by Crippen LogP contribution is 2.34. The molecule has 0 saturated heterocycles. The first-order chi connectivity index (χ1) is 17.8. The molecule has 4 rings (SSSR count). The lowest BCUT2D eigenvalue weighted by molar-refractivity contribution is -0.129. The van der Waals surface area contributed by atoms with Crippen LogP contribution in [0.15, 0.2) is 41.6 Å². The third-order valence-electron chi connectivity index (χ3n) is 6.01. The Balaban J connectivity index is 1.67. The fourth-order valence-electron chi connectivity index (χ4n) is 4.21. The van der Waals surface area contributed by atoms with E-state index in [0.717, 1.165) is 5.56 Å². The number of amidine groups is 1. The maximum Gasteiger partial charge on any atom is 0.222 e. The number of nitrogens with one attached hydrogen (secondary N) is 1. The van der Waals surface area contributed by atoms with Gasteiger partial charge in [-0.2, -0.15) is 0 Å². The molecule has 3 N–H and O–H groups in total. The Bertz CT molecular complexity index is 1330. The molecular weight excluding hydrogens is 477 g/mol. The summed E-state index contributed by atoms with van der Waals surface area (Å²) in [6, 6.07) is 9.58. The summed E-state index contributed by atoms with van der Waals surface area (Å²) in [5.41, 5.74) is 10.0. The maximum absolute atomic E-state index is 14.4. The Hall–Kier alpha value is -4.28. The minimum atomic E-state index is -0.383. The molecule has 11 heteroatoms. The maximum atomic E-state index is 14.4. The van der Waals surface area contributed by atoms with Crippen LogP contribution in [0.4, 0.5) is 10.3 Å². The van der Waals surface area contributed by atoms with Gasteiger partial charge in [0.15, 0.2) is 5.84 Å². The zero-order chi connectivity index (χ0) is 26.5.